The van der Waals surface area contributed by atoms with Gasteiger partial charge in [0.15, 0.2) is 5.82 Å². The van der Waals surface area contributed by atoms with Gasteiger partial charge in [0.05, 0.1) is 25.7 Å². The van der Waals surface area contributed by atoms with Gasteiger partial charge in [0.2, 0.25) is 5.95 Å². The number of aryl methyl sites for hydroxylation is 2. The molecule has 2 aromatic rings. The molecule has 0 amide bonds. The van der Waals surface area contributed by atoms with E-state index in [9.17, 15) is 8.42 Å². The maximum atomic E-state index is 11.0. The summed E-state index contributed by atoms with van der Waals surface area (Å²) in [5, 5.41) is 8.35. The number of piperidine rings is 1. The summed E-state index contributed by atoms with van der Waals surface area (Å²) < 4.78 is 32.5. The molecule has 0 radical (unpaired) electrons. The highest BCUT2D eigenvalue weighted by atomic mass is 32.2. The Kier molecular flexibility index (Phi) is 9.23. The molecule has 1 aliphatic rings. The fraction of sp³-hybridized carbons (Fsp3) is 0.667. The summed E-state index contributed by atoms with van der Waals surface area (Å²) in [6.07, 6.45) is 5.97. The van der Waals surface area contributed by atoms with Gasteiger partial charge in [-0.05, 0) is 44.6 Å². The van der Waals surface area contributed by atoms with Gasteiger partial charge in [0.25, 0.3) is 10.1 Å². The zero-order valence-electron chi connectivity index (χ0n) is 21.7. The molecule has 11 heteroatoms. The lowest BCUT2D eigenvalue weighted by Gasteiger charge is -2.37. The van der Waals surface area contributed by atoms with E-state index >= 15 is 0 Å². The van der Waals surface area contributed by atoms with E-state index in [4.69, 9.17) is 18.9 Å². The summed E-state index contributed by atoms with van der Waals surface area (Å²) in [5.74, 6) is 2.74. The van der Waals surface area contributed by atoms with Crippen LogP contribution >= 0.6 is 0 Å². The average molecular weight is 507 g/mol. The maximum Gasteiger partial charge on any atom is 0.264 e. The highest BCUT2D eigenvalue weighted by Crippen LogP contribution is 2.26. The van der Waals surface area contributed by atoms with Crippen LogP contribution in [0.1, 0.15) is 50.1 Å². The SMILES string of the molecule is Cc1nc(N2CCC(N(C)c3cc(OCCCOS(C)(=O)=O)cnn3)CC2)nc(C)c1CC(C)C. The number of hydrogen-bond donors (Lipinski definition) is 0. The summed E-state index contributed by atoms with van der Waals surface area (Å²) in [5.41, 5.74) is 3.42. The normalized spacial score (nSPS) is 15.0. The molecule has 194 valence electrons. The van der Waals surface area contributed by atoms with Crippen molar-refractivity contribution in [2.45, 2.75) is 59.4 Å². The Balaban J connectivity index is 1.54. The molecule has 1 fully saturated rings. The van der Waals surface area contributed by atoms with E-state index in [-0.39, 0.29) is 6.61 Å². The second kappa shape index (κ2) is 11.9. The summed E-state index contributed by atoms with van der Waals surface area (Å²) in [6, 6.07) is 2.18. The minimum Gasteiger partial charge on any atom is -0.492 e. The summed E-state index contributed by atoms with van der Waals surface area (Å²) in [6.45, 7) is 10.8. The van der Waals surface area contributed by atoms with Crippen molar-refractivity contribution in [2.75, 3.05) is 49.4 Å². The molecule has 0 unspecified atom stereocenters. The molecular formula is C24H38N6O4S. The molecule has 0 spiro atoms. The molecule has 1 aliphatic heterocycles. The van der Waals surface area contributed by atoms with Crippen LogP contribution in [0, 0.1) is 19.8 Å². The number of ether oxygens (including phenoxy) is 1. The van der Waals surface area contributed by atoms with Gasteiger partial charge in [-0.3, -0.25) is 4.18 Å². The van der Waals surface area contributed by atoms with Crippen LogP contribution in [-0.2, 0) is 20.7 Å². The quantitative estimate of drug-likeness (QED) is 0.333. The Bertz CT molecular complexity index is 1060. The van der Waals surface area contributed by atoms with Gasteiger partial charge in [-0.25, -0.2) is 9.97 Å². The van der Waals surface area contributed by atoms with Gasteiger partial charge in [0, 0.05) is 50.1 Å². The monoisotopic (exact) mass is 506 g/mol. The zero-order valence-corrected chi connectivity index (χ0v) is 22.5. The highest BCUT2D eigenvalue weighted by Gasteiger charge is 2.26. The van der Waals surface area contributed by atoms with Crippen molar-refractivity contribution >= 4 is 21.9 Å². The van der Waals surface area contributed by atoms with Crippen LogP contribution in [-0.4, -0.2) is 74.2 Å². The van der Waals surface area contributed by atoms with Crippen molar-refractivity contribution in [2.24, 2.45) is 5.92 Å². The predicted octanol–water partition coefficient (Wildman–Crippen LogP) is 2.93. The zero-order chi connectivity index (χ0) is 25.6. The van der Waals surface area contributed by atoms with Gasteiger partial charge < -0.3 is 14.5 Å². The molecule has 0 atom stereocenters. The van der Waals surface area contributed by atoms with E-state index in [2.05, 4.69) is 47.7 Å². The fourth-order valence-electron chi connectivity index (χ4n) is 4.26. The predicted molar refractivity (Wildman–Crippen MR) is 137 cm³/mol. The minimum absolute atomic E-state index is 0.0892. The van der Waals surface area contributed by atoms with Crippen molar-refractivity contribution in [1.29, 1.82) is 0 Å². The van der Waals surface area contributed by atoms with E-state index in [0.29, 0.717) is 30.7 Å². The summed E-state index contributed by atoms with van der Waals surface area (Å²) >= 11 is 0. The molecule has 3 rings (SSSR count). The maximum absolute atomic E-state index is 11.0. The molecule has 0 saturated carbocycles. The third-order valence-corrected chi connectivity index (χ3v) is 6.74. The lowest BCUT2D eigenvalue weighted by molar-refractivity contribution is 0.251. The lowest BCUT2D eigenvalue weighted by Crippen LogP contribution is -2.44. The summed E-state index contributed by atoms with van der Waals surface area (Å²) in [7, 11) is -1.40. The standard InChI is InChI=1S/C24H38N6O4S/c1-17(2)14-22-18(3)26-24(27-19(22)4)30-10-8-20(9-11-30)29(5)23-15-21(16-25-28-23)33-12-7-13-34-35(6,31)32/h15-17,20H,7-14H2,1-6H3. The molecule has 0 bridgehead atoms. The largest absolute Gasteiger partial charge is 0.492 e. The van der Waals surface area contributed by atoms with E-state index in [1.807, 2.05) is 13.1 Å². The second-order valence-corrected chi connectivity index (χ2v) is 11.2. The van der Waals surface area contributed by atoms with Crippen molar-refractivity contribution in [3.63, 3.8) is 0 Å². The van der Waals surface area contributed by atoms with Gasteiger partial charge >= 0.3 is 0 Å². The molecule has 2 aromatic heterocycles. The van der Waals surface area contributed by atoms with Gasteiger partial charge in [-0.15, -0.1) is 5.10 Å². The van der Waals surface area contributed by atoms with E-state index in [0.717, 1.165) is 61.8 Å². The second-order valence-electron chi connectivity index (χ2n) is 9.58. The van der Waals surface area contributed by atoms with Gasteiger partial charge in [-0.2, -0.15) is 13.5 Å². The van der Waals surface area contributed by atoms with Gasteiger partial charge in [-0.1, -0.05) is 13.8 Å². The Morgan fingerprint density at radius 2 is 1.80 bits per heavy atom. The number of rotatable bonds is 11. The molecular weight excluding hydrogens is 468 g/mol. The Labute approximate surface area is 209 Å². The van der Waals surface area contributed by atoms with Crippen LogP contribution in [0.25, 0.3) is 0 Å². The molecule has 0 aliphatic carbocycles. The van der Waals surface area contributed by atoms with Crippen LogP contribution in [0.3, 0.4) is 0 Å². The third-order valence-electron chi connectivity index (χ3n) is 6.15. The Morgan fingerprint density at radius 1 is 1.14 bits per heavy atom. The van der Waals surface area contributed by atoms with Crippen molar-refractivity contribution in [1.82, 2.24) is 20.2 Å². The van der Waals surface area contributed by atoms with E-state index in [1.54, 1.807) is 6.20 Å². The van der Waals surface area contributed by atoms with E-state index in [1.165, 1.54) is 5.56 Å². The highest BCUT2D eigenvalue weighted by molar-refractivity contribution is 7.85. The number of hydrogen-bond acceptors (Lipinski definition) is 10. The minimum atomic E-state index is -3.43. The molecule has 1 saturated heterocycles. The number of anilines is 2. The number of nitrogens with zero attached hydrogens (tertiary/aromatic N) is 6. The van der Waals surface area contributed by atoms with Crippen LogP contribution < -0.4 is 14.5 Å². The molecule has 0 aromatic carbocycles. The first-order valence-corrected chi connectivity index (χ1v) is 14.0. The third kappa shape index (κ3) is 7.99. The van der Waals surface area contributed by atoms with Crippen LogP contribution in [0.4, 0.5) is 11.8 Å². The van der Waals surface area contributed by atoms with Crippen molar-refractivity contribution in [3.05, 3.63) is 29.2 Å². The summed E-state index contributed by atoms with van der Waals surface area (Å²) in [4.78, 5) is 14.1. The first-order chi connectivity index (χ1) is 16.5. The van der Waals surface area contributed by atoms with Crippen molar-refractivity contribution < 1.29 is 17.3 Å². The molecule has 0 N–H and O–H groups in total. The van der Waals surface area contributed by atoms with E-state index < -0.39 is 10.1 Å². The topological polar surface area (TPSA) is 111 Å². The average Bonchev–Trinajstić information content (AvgIpc) is 2.80. The van der Waals surface area contributed by atoms with Crippen LogP contribution in [0.2, 0.25) is 0 Å². The van der Waals surface area contributed by atoms with Gasteiger partial charge in [0.1, 0.15) is 5.75 Å². The lowest BCUT2D eigenvalue weighted by atomic mass is 10.0. The van der Waals surface area contributed by atoms with Crippen LogP contribution in [0.5, 0.6) is 5.75 Å². The molecule has 3 heterocycles. The Hall–Kier alpha value is -2.53. The first kappa shape index (κ1) is 27.1. The Morgan fingerprint density at radius 3 is 2.40 bits per heavy atom. The molecule has 10 nitrogen and oxygen atoms in total. The van der Waals surface area contributed by atoms with Crippen LogP contribution in [0.15, 0.2) is 12.3 Å². The first-order valence-electron chi connectivity index (χ1n) is 12.2. The smallest absolute Gasteiger partial charge is 0.264 e. The fourth-order valence-corrected chi connectivity index (χ4v) is 4.68. The van der Waals surface area contributed by atoms with Crippen molar-refractivity contribution in [3.8, 4) is 5.75 Å². The number of aromatic nitrogens is 4. The molecule has 35 heavy (non-hydrogen) atoms.